The fourth-order valence-corrected chi connectivity index (χ4v) is 3.58. The Bertz CT molecular complexity index is 877. The Kier molecular flexibility index (Phi) is 6.14. The molecule has 0 saturated carbocycles. The van der Waals surface area contributed by atoms with Gasteiger partial charge in [-0.25, -0.2) is 18.4 Å². The SMILES string of the molecule is COC(=O)C1=C(Nc2c(Cl)cc(S(N)(=O)=O)cc2Cl)C(=O)N(CCO)C1. The summed E-state index contributed by atoms with van der Waals surface area (Å²) >= 11 is 12.1. The number of β-amino-alcohol motifs (C(OH)–C–C–N with tert-alkyl or cyclic N) is 1. The summed E-state index contributed by atoms with van der Waals surface area (Å²) < 4.78 is 27.5. The predicted molar refractivity (Wildman–Crippen MR) is 94.2 cm³/mol. The molecule has 0 unspecified atom stereocenters. The lowest BCUT2D eigenvalue weighted by Gasteiger charge is -2.16. The van der Waals surface area contributed by atoms with Crippen molar-refractivity contribution in [1.29, 1.82) is 0 Å². The first-order chi connectivity index (χ1) is 12.1. The Morgan fingerprint density at radius 1 is 1.38 bits per heavy atom. The molecule has 0 radical (unpaired) electrons. The third-order valence-corrected chi connectivity index (χ3v) is 5.04. The molecule has 12 heteroatoms. The molecule has 2 rings (SSSR count). The summed E-state index contributed by atoms with van der Waals surface area (Å²) in [6.07, 6.45) is 0. The number of esters is 1. The van der Waals surface area contributed by atoms with Crippen molar-refractivity contribution in [3.05, 3.63) is 33.4 Å². The number of methoxy groups -OCH3 is 1. The van der Waals surface area contributed by atoms with Crippen LogP contribution in [0.1, 0.15) is 0 Å². The maximum Gasteiger partial charge on any atom is 0.337 e. The number of carbonyl (C=O) groups is 2. The molecular weight excluding hydrogens is 409 g/mol. The number of anilines is 1. The molecule has 0 spiro atoms. The van der Waals surface area contributed by atoms with Crippen LogP contribution in [0.3, 0.4) is 0 Å². The molecule has 0 atom stereocenters. The molecule has 1 heterocycles. The van der Waals surface area contributed by atoms with Gasteiger partial charge in [-0.3, -0.25) is 4.79 Å². The van der Waals surface area contributed by atoms with Crippen molar-refractivity contribution in [1.82, 2.24) is 4.90 Å². The van der Waals surface area contributed by atoms with E-state index >= 15 is 0 Å². The first kappa shape index (κ1) is 20.5. The second-order valence-corrected chi connectivity index (χ2v) is 7.60. The molecule has 26 heavy (non-hydrogen) atoms. The fourth-order valence-electron chi connectivity index (χ4n) is 2.31. The van der Waals surface area contributed by atoms with Crippen LogP contribution in [0, 0.1) is 0 Å². The number of aliphatic hydroxyl groups is 1. The lowest BCUT2D eigenvalue weighted by molar-refractivity contribution is -0.136. The lowest BCUT2D eigenvalue weighted by Crippen LogP contribution is -2.31. The van der Waals surface area contributed by atoms with Crippen LogP contribution in [-0.4, -0.2) is 57.1 Å². The summed E-state index contributed by atoms with van der Waals surface area (Å²) in [5.41, 5.74) is -0.0811. The van der Waals surface area contributed by atoms with Gasteiger partial charge in [-0.05, 0) is 12.1 Å². The number of aliphatic hydroxyl groups excluding tert-OH is 1. The van der Waals surface area contributed by atoms with E-state index in [0.29, 0.717) is 0 Å². The first-order valence-corrected chi connectivity index (χ1v) is 9.40. The standard InChI is InChI=1S/C14H15Cl2N3O6S/c1-25-14(22)8-6-19(2-3-20)13(21)11(8)18-12-9(15)4-7(5-10(12)16)26(17,23)24/h4-5,18,20H,2-3,6H2,1H3,(H2,17,23,24). The number of rotatable bonds is 6. The summed E-state index contributed by atoms with van der Waals surface area (Å²) in [6, 6.07) is 2.13. The van der Waals surface area contributed by atoms with Crippen molar-refractivity contribution in [2.24, 2.45) is 5.14 Å². The molecule has 0 saturated heterocycles. The molecular formula is C14H15Cl2N3O6S. The summed E-state index contributed by atoms with van der Waals surface area (Å²) in [5, 5.41) is 16.5. The van der Waals surface area contributed by atoms with E-state index in [2.05, 4.69) is 10.1 Å². The van der Waals surface area contributed by atoms with Gasteiger partial charge < -0.3 is 20.1 Å². The van der Waals surface area contributed by atoms with E-state index in [-0.39, 0.29) is 51.6 Å². The van der Waals surface area contributed by atoms with E-state index in [1.165, 1.54) is 4.90 Å². The average molecular weight is 424 g/mol. The maximum absolute atomic E-state index is 12.5. The van der Waals surface area contributed by atoms with E-state index in [9.17, 15) is 18.0 Å². The molecule has 9 nitrogen and oxygen atoms in total. The zero-order valence-electron chi connectivity index (χ0n) is 13.5. The van der Waals surface area contributed by atoms with Crippen LogP contribution in [0.2, 0.25) is 10.0 Å². The molecule has 1 aliphatic rings. The number of nitrogens with one attached hydrogen (secondary N) is 1. The number of carbonyl (C=O) groups excluding carboxylic acids is 2. The van der Waals surface area contributed by atoms with Gasteiger partial charge in [0.05, 0.1) is 46.5 Å². The quantitative estimate of drug-likeness (QED) is 0.559. The largest absolute Gasteiger partial charge is 0.466 e. The van der Waals surface area contributed by atoms with Gasteiger partial charge in [0.15, 0.2) is 0 Å². The number of benzene rings is 1. The zero-order chi connectivity index (χ0) is 19.6. The van der Waals surface area contributed by atoms with Crippen molar-refractivity contribution in [3.63, 3.8) is 0 Å². The Balaban J connectivity index is 2.47. The number of nitrogens with zero attached hydrogens (tertiary/aromatic N) is 1. The molecule has 1 amide bonds. The summed E-state index contributed by atoms with van der Waals surface area (Å²) in [6.45, 7) is -0.354. The Morgan fingerprint density at radius 2 is 1.96 bits per heavy atom. The van der Waals surface area contributed by atoms with Crippen molar-refractivity contribution < 1.29 is 27.9 Å². The van der Waals surface area contributed by atoms with Gasteiger partial charge in [-0.15, -0.1) is 0 Å². The lowest BCUT2D eigenvalue weighted by atomic mass is 10.2. The van der Waals surface area contributed by atoms with Crippen LogP contribution in [-0.2, 0) is 24.3 Å². The summed E-state index contributed by atoms with van der Waals surface area (Å²) in [4.78, 5) is 25.3. The van der Waals surface area contributed by atoms with Gasteiger partial charge in [-0.2, -0.15) is 0 Å². The molecule has 0 bridgehead atoms. The first-order valence-electron chi connectivity index (χ1n) is 7.10. The Hall–Kier alpha value is -1.85. The normalized spacial score (nSPS) is 14.8. The van der Waals surface area contributed by atoms with E-state index in [0.717, 1.165) is 19.2 Å². The Labute approximate surface area is 159 Å². The topological polar surface area (TPSA) is 139 Å². The number of hydrogen-bond acceptors (Lipinski definition) is 7. The molecule has 142 valence electrons. The van der Waals surface area contributed by atoms with Crippen molar-refractivity contribution in [3.8, 4) is 0 Å². The van der Waals surface area contributed by atoms with E-state index in [1.807, 2.05) is 0 Å². The van der Waals surface area contributed by atoms with Crippen LogP contribution in [0.25, 0.3) is 0 Å². The number of amides is 1. The van der Waals surface area contributed by atoms with E-state index in [1.54, 1.807) is 0 Å². The van der Waals surface area contributed by atoms with Crippen LogP contribution >= 0.6 is 23.2 Å². The summed E-state index contributed by atoms with van der Waals surface area (Å²) in [7, 11) is -2.87. The fraction of sp³-hybridized carbons (Fsp3) is 0.286. The summed E-state index contributed by atoms with van der Waals surface area (Å²) in [5.74, 6) is -1.31. The molecule has 0 fully saturated rings. The van der Waals surface area contributed by atoms with Gasteiger partial charge >= 0.3 is 5.97 Å². The van der Waals surface area contributed by atoms with Gasteiger partial charge in [0, 0.05) is 6.54 Å². The molecule has 1 aromatic carbocycles. The minimum absolute atomic E-state index is 0.0102. The average Bonchev–Trinajstić information content (AvgIpc) is 2.86. The number of nitrogens with two attached hydrogens (primary N) is 1. The van der Waals surface area contributed by atoms with Crippen molar-refractivity contribution >= 4 is 50.8 Å². The Morgan fingerprint density at radius 3 is 2.42 bits per heavy atom. The third-order valence-electron chi connectivity index (χ3n) is 3.55. The van der Waals surface area contributed by atoms with Crippen LogP contribution < -0.4 is 10.5 Å². The zero-order valence-corrected chi connectivity index (χ0v) is 15.8. The minimum Gasteiger partial charge on any atom is -0.466 e. The highest BCUT2D eigenvalue weighted by molar-refractivity contribution is 7.89. The number of halogens is 2. The van der Waals surface area contributed by atoms with Crippen LogP contribution in [0.5, 0.6) is 0 Å². The van der Waals surface area contributed by atoms with Gasteiger partial charge in [0.25, 0.3) is 5.91 Å². The van der Waals surface area contributed by atoms with E-state index in [4.69, 9.17) is 33.4 Å². The van der Waals surface area contributed by atoms with Gasteiger partial charge in [0.1, 0.15) is 5.70 Å². The molecule has 4 N–H and O–H groups in total. The highest BCUT2D eigenvalue weighted by Gasteiger charge is 2.35. The van der Waals surface area contributed by atoms with Gasteiger partial charge in [0.2, 0.25) is 10.0 Å². The van der Waals surface area contributed by atoms with Crippen molar-refractivity contribution in [2.45, 2.75) is 4.90 Å². The molecule has 1 aromatic rings. The minimum atomic E-state index is -4.03. The number of sulfonamides is 1. The third kappa shape index (κ3) is 4.10. The van der Waals surface area contributed by atoms with E-state index < -0.39 is 21.9 Å². The van der Waals surface area contributed by atoms with Gasteiger partial charge in [-0.1, -0.05) is 23.2 Å². The second kappa shape index (κ2) is 7.80. The number of primary sulfonamides is 1. The van der Waals surface area contributed by atoms with Crippen molar-refractivity contribution in [2.75, 3.05) is 32.1 Å². The number of ether oxygens (including phenoxy) is 1. The highest BCUT2D eigenvalue weighted by atomic mass is 35.5. The molecule has 0 aromatic heterocycles. The number of hydrogen-bond donors (Lipinski definition) is 3. The smallest absolute Gasteiger partial charge is 0.337 e. The van der Waals surface area contributed by atoms with Crippen LogP contribution in [0.15, 0.2) is 28.3 Å². The van der Waals surface area contributed by atoms with Crippen LogP contribution in [0.4, 0.5) is 5.69 Å². The second-order valence-electron chi connectivity index (χ2n) is 5.23. The maximum atomic E-state index is 12.5. The monoisotopic (exact) mass is 423 g/mol. The highest BCUT2D eigenvalue weighted by Crippen LogP contribution is 2.35. The molecule has 0 aliphatic carbocycles. The molecule has 1 aliphatic heterocycles. The predicted octanol–water partition coefficient (Wildman–Crippen LogP) is 0.314.